The number of ether oxygens (including phenoxy) is 2. The van der Waals surface area contributed by atoms with Crippen LogP contribution in [0.2, 0.25) is 0 Å². The highest BCUT2D eigenvalue weighted by Gasteiger charge is 2.72. The molecule has 8 nitrogen and oxygen atoms in total. The molecule has 4 rings (SSSR count). The molecule has 0 radical (unpaired) electrons. The molecular weight excluding hydrogens is 476 g/mol. The summed E-state index contributed by atoms with van der Waals surface area (Å²) in [7, 11) is 4.95. The second kappa shape index (κ2) is 9.69. The van der Waals surface area contributed by atoms with Gasteiger partial charge in [0.2, 0.25) is 11.8 Å². The number of aromatic nitrogens is 2. The van der Waals surface area contributed by atoms with E-state index >= 15 is 4.39 Å². The van der Waals surface area contributed by atoms with Crippen LogP contribution in [0.4, 0.5) is 8.78 Å². The van der Waals surface area contributed by atoms with Gasteiger partial charge in [-0.2, -0.15) is 0 Å². The van der Waals surface area contributed by atoms with Crippen molar-refractivity contribution >= 4 is 28.7 Å². The van der Waals surface area contributed by atoms with Gasteiger partial charge in [0.25, 0.3) is 0 Å². The fourth-order valence-corrected chi connectivity index (χ4v) is 6.33. The zero-order valence-corrected chi connectivity index (χ0v) is 20.9. The highest BCUT2D eigenvalue weighted by molar-refractivity contribution is 8.15. The first kappa shape index (κ1) is 25.3. The number of thioether (sulfide) groups is 1. The molecule has 3 aliphatic rings. The van der Waals surface area contributed by atoms with Gasteiger partial charge in [-0.15, -0.1) is 0 Å². The van der Waals surface area contributed by atoms with Crippen molar-refractivity contribution in [1.29, 1.82) is 0 Å². The van der Waals surface area contributed by atoms with Crippen LogP contribution in [-0.2, 0) is 9.53 Å². The molecule has 2 aliphatic carbocycles. The third-order valence-electron chi connectivity index (χ3n) is 6.68. The summed E-state index contributed by atoms with van der Waals surface area (Å²) >= 11 is 1.26. The van der Waals surface area contributed by atoms with Crippen molar-refractivity contribution < 1.29 is 23.0 Å². The topological polar surface area (TPSA) is 103 Å². The van der Waals surface area contributed by atoms with Gasteiger partial charge in [-0.25, -0.2) is 18.7 Å². The lowest BCUT2D eigenvalue weighted by Gasteiger charge is -2.40. The van der Waals surface area contributed by atoms with Crippen molar-refractivity contribution in [3.63, 3.8) is 0 Å². The van der Waals surface area contributed by atoms with E-state index < -0.39 is 22.0 Å². The summed E-state index contributed by atoms with van der Waals surface area (Å²) in [6.07, 6.45) is 7.59. The Morgan fingerprint density at radius 1 is 1.31 bits per heavy atom. The molecule has 0 bridgehead atoms. The molecule has 1 unspecified atom stereocenters. The van der Waals surface area contributed by atoms with E-state index in [2.05, 4.69) is 15.0 Å². The number of fused-ring (bicyclic) bond motifs is 1. The number of hydrogen-bond acceptors (Lipinski definition) is 8. The smallest absolute Gasteiger partial charge is 0.239 e. The van der Waals surface area contributed by atoms with Gasteiger partial charge in [0.05, 0.1) is 24.5 Å². The summed E-state index contributed by atoms with van der Waals surface area (Å²) in [6, 6.07) is 0. The number of nitrogens with two attached hydrogens (primary N) is 1. The second-order valence-electron chi connectivity index (χ2n) is 9.25. The normalized spacial score (nSPS) is 30.0. The molecule has 0 aromatic carbocycles. The van der Waals surface area contributed by atoms with E-state index in [1.165, 1.54) is 41.2 Å². The minimum absolute atomic E-state index is 0.0388. The molecule has 4 atom stereocenters. The van der Waals surface area contributed by atoms with E-state index in [4.69, 9.17) is 15.2 Å². The predicted octanol–water partition coefficient (Wildman–Crippen LogP) is 3.28. The average molecular weight is 506 g/mol. The van der Waals surface area contributed by atoms with Gasteiger partial charge in [0.15, 0.2) is 11.0 Å². The molecular formula is C24H29F2N5O3S. The number of carbonyl (C=O) groups excluding carboxylic acids is 1. The predicted molar refractivity (Wildman–Crippen MR) is 131 cm³/mol. The van der Waals surface area contributed by atoms with E-state index in [0.717, 1.165) is 0 Å². The number of hydrogen-bond donors (Lipinski definition) is 1. The molecule has 2 N–H and O–H groups in total. The van der Waals surface area contributed by atoms with Crippen molar-refractivity contribution in [2.24, 2.45) is 22.6 Å². The number of nitrogens with zero attached hydrogens (tertiary/aromatic N) is 4. The zero-order valence-electron chi connectivity index (χ0n) is 20.1. The van der Waals surface area contributed by atoms with E-state index in [1.54, 1.807) is 27.3 Å². The molecule has 188 valence electrons. The monoisotopic (exact) mass is 505 g/mol. The van der Waals surface area contributed by atoms with Crippen LogP contribution in [0.25, 0.3) is 5.83 Å². The Morgan fingerprint density at radius 3 is 2.74 bits per heavy atom. The summed E-state index contributed by atoms with van der Waals surface area (Å²) in [5, 5.41) is 0.269. The molecule has 1 amide bonds. The molecule has 1 aliphatic heterocycles. The lowest BCUT2D eigenvalue weighted by Crippen LogP contribution is -2.48. The highest BCUT2D eigenvalue weighted by Crippen LogP contribution is 2.66. The number of carbonyl (C=O) groups is 1. The van der Waals surface area contributed by atoms with Crippen LogP contribution in [0, 0.1) is 11.8 Å². The summed E-state index contributed by atoms with van der Waals surface area (Å²) in [6.45, 7) is 2.54. The average Bonchev–Trinajstić information content (AvgIpc) is 3.56. The Hall–Kier alpha value is -2.79. The quantitative estimate of drug-likeness (QED) is 0.541. The van der Waals surface area contributed by atoms with Gasteiger partial charge < -0.3 is 20.1 Å². The largest absolute Gasteiger partial charge is 0.474 e. The Balaban J connectivity index is 1.52. The fraction of sp³-hybridized carbons (Fsp3) is 0.500. The van der Waals surface area contributed by atoms with Gasteiger partial charge in [-0.05, 0) is 37.5 Å². The maximum atomic E-state index is 15.1. The van der Waals surface area contributed by atoms with Crippen LogP contribution in [0.1, 0.15) is 25.5 Å². The molecule has 0 spiro atoms. The van der Waals surface area contributed by atoms with Gasteiger partial charge in [-0.1, -0.05) is 17.8 Å². The Labute approximate surface area is 207 Å². The SMILES string of the molecule is COCCOc1cnc(/C(F)=C/C2=CC=C(F)C([C@@]3(C)N=C(N)S[C@@]4(C(=O)N(C)C)C[C@H]43)C2)cn1. The lowest BCUT2D eigenvalue weighted by molar-refractivity contribution is -0.129. The molecule has 1 aromatic heterocycles. The first-order chi connectivity index (χ1) is 16.6. The standard InChI is InChI=1S/C24H29F2N5O3S/c1-23(19-11-24(19,21(32)31(2)3)35-22(27)30-23)15-9-14(5-6-16(15)25)10-17(26)18-12-29-20(13-28-18)34-8-7-33-4/h5-6,10,12-13,15,19H,7-9,11H2,1-4H3,(H2,27,30)/b17-10-/t15?,19-,23+,24-/m0/s1. The van der Waals surface area contributed by atoms with Crippen LogP contribution in [-0.4, -0.2) is 70.6 Å². The molecule has 1 saturated carbocycles. The van der Waals surface area contributed by atoms with Crippen molar-refractivity contribution in [1.82, 2.24) is 14.9 Å². The van der Waals surface area contributed by atoms with E-state index in [1.807, 2.05) is 6.92 Å². The molecule has 35 heavy (non-hydrogen) atoms. The number of methoxy groups -OCH3 is 1. The fourth-order valence-electron chi connectivity index (χ4n) is 4.82. The number of amides is 1. The molecule has 0 saturated heterocycles. The summed E-state index contributed by atoms with van der Waals surface area (Å²) in [4.78, 5) is 27.2. The Morgan fingerprint density at radius 2 is 2.09 bits per heavy atom. The Bertz CT molecular complexity index is 1120. The Kier molecular flexibility index (Phi) is 7.01. The van der Waals surface area contributed by atoms with Crippen LogP contribution in [0.15, 0.2) is 47.0 Å². The maximum absolute atomic E-state index is 15.1. The van der Waals surface area contributed by atoms with Gasteiger partial charge in [0.1, 0.15) is 22.9 Å². The molecule has 1 fully saturated rings. The molecule has 1 aromatic rings. The molecule has 11 heteroatoms. The second-order valence-corrected chi connectivity index (χ2v) is 10.6. The van der Waals surface area contributed by atoms with Gasteiger partial charge in [0, 0.05) is 33.0 Å². The summed E-state index contributed by atoms with van der Waals surface area (Å²) in [5.41, 5.74) is 5.82. The van der Waals surface area contributed by atoms with Crippen molar-refractivity contribution in [3.05, 3.63) is 47.7 Å². The van der Waals surface area contributed by atoms with Crippen LogP contribution in [0.3, 0.4) is 0 Å². The number of amidine groups is 1. The van der Waals surface area contributed by atoms with Crippen LogP contribution in [0.5, 0.6) is 5.88 Å². The first-order valence-electron chi connectivity index (χ1n) is 11.2. The molecule has 2 heterocycles. The van der Waals surface area contributed by atoms with E-state index in [-0.39, 0.29) is 40.8 Å². The van der Waals surface area contributed by atoms with Crippen molar-refractivity contribution in [3.8, 4) is 5.88 Å². The lowest BCUT2D eigenvalue weighted by atomic mass is 9.74. The summed E-state index contributed by atoms with van der Waals surface area (Å²) < 4.78 is 39.6. The third kappa shape index (κ3) is 4.84. The van der Waals surface area contributed by atoms with Crippen LogP contribution < -0.4 is 10.5 Å². The van der Waals surface area contributed by atoms with Crippen LogP contribution >= 0.6 is 11.8 Å². The van der Waals surface area contributed by atoms with Gasteiger partial charge in [-0.3, -0.25) is 9.79 Å². The number of halogens is 2. The zero-order chi connectivity index (χ0) is 25.4. The van der Waals surface area contributed by atoms with E-state index in [9.17, 15) is 9.18 Å². The highest BCUT2D eigenvalue weighted by atomic mass is 32.2. The minimum Gasteiger partial charge on any atom is -0.474 e. The van der Waals surface area contributed by atoms with Crippen molar-refractivity contribution in [2.75, 3.05) is 34.4 Å². The number of aliphatic imine (C=N–C) groups is 1. The maximum Gasteiger partial charge on any atom is 0.239 e. The van der Waals surface area contributed by atoms with Gasteiger partial charge >= 0.3 is 0 Å². The van der Waals surface area contributed by atoms with E-state index in [0.29, 0.717) is 25.2 Å². The third-order valence-corrected chi connectivity index (χ3v) is 7.97. The first-order valence-corrected chi connectivity index (χ1v) is 12.1. The number of rotatable bonds is 8. The number of allylic oxidation sites excluding steroid dienone is 4. The summed E-state index contributed by atoms with van der Waals surface area (Å²) in [5.74, 6) is -1.58. The van der Waals surface area contributed by atoms with Crippen molar-refractivity contribution in [2.45, 2.75) is 30.1 Å². The minimum atomic E-state index is -0.924.